The summed E-state index contributed by atoms with van der Waals surface area (Å²) in [6, 6.07) is 0. The van der Waals surface area contributed by atoms with E-state index >= 15 is 0 Å². The number of phosphoric acid groups is 1. The number of hydrogen-bond acceptors (Lipinski definition) is 2. The molecule has 0 unspecified atom stereocenters. The monoisotopic (exact) mass is 381 g/mol. The summed E-state index contributed by atoms with van der Waals surface area (Å²) in [5.74, 6) is -0.153. The summed E-state index contributed by atoms with van der Waals surface area (Å²) < 4.78 is 8.88. The SMILES string of the molecule is CCCCCCCCCCCCCCCCCC(N)=O.O=P(O)(O)O. The van der Waals surface area contributed by atoms with Crippen molar-refractivity contribution in [3.8, 4) is 0 Å². The fraction of sp³-hybridized carbons (Fsp3) is 0.944. The molecule has 0 saturated carbocycles. The second kappa shape index (κ2) is 19.9. The summed E-state index contributed by atoms with van der Waals surface area (Å²) in [7, 11) is -4.64. The Labute approximate surface area is 153 Å². The first kappa shape index (κ1) is 26.8. The van der Waals surface area contributed by atoms with Crippen LogP contribution in [0, 0.1) is 0 Å². The van der Waals surface area contributed by atoms with E-state index in [1.54, 1.807) is 0 Å². The number of carbonyl (C=O) groups is 1. The van der Waals surface area contributed by atoms with Crippen LogP contribution in [-0.2, 0) is 9.36 Å². The Balaban J connectivity index is 0. The van der Waals surface area contributed by atoms with Gasteiger partial charge < -0.3 is 20.4 Å². The zero-order chi connectivity index (χ0) is 19.4. The molecule has 0 aliphatic carbocycles. The normalized spacial score (nSPS) is 11.0. The molecule has 0 spiro atoms. The molecule has 5 N–H and O–H groups in total. The van der Waals surface area contributed by atoms with E-state index in [2.05, 4.69) is 6.92 Å². The van der Waals surface area contributed by atoms with Crippen molar-refractivity contribution in [2.45, 2.75) is 110 Å². The standard InChI is InChI=1S/C18H37NO.H3O4P/c1-2-3-4-5-6-7-8-9-10-11-12-13-14-15-16-17-18(19)20;1-5(2,3)4/h2-17H2,1H3,(H2,19,20);(H3,1,2,3,4). The fourth-order valence-corrected chi connectivity index (χ4v) is 2.67. The first-order valence-corrected chi connectivity index (χ1v) is 11.4. The van der Waals surface area contributed by atoms with Gasteiger partial charge in [0.25, 0.3) is 0 Å². The van der Waals surface area contributed by atoms with Crippen LogP contribution in [0.4, 0.5) is 0 Å². The van der Waals surface area contributed by atoms with Crippen LogP contribution in [0.1, 0.15) is 110 Å². The average Bonchev–Trinajstić information content (AvgIpc) is 2.49. The lowest BCUT2D eigenvalue weighted by molar-refractivity contribution is -0.118. The molecule has 0 rings (SSSR count). The minimum Gasteiger partial charge on any atom is -0.370 e. The third-order valence-corrected chi connectivity index (χ3v) is 4.03. The maximum absolute atomic E-state index is 10.6. The van der Waals surface area contributed by atoms with E-state index in [-0.39, 0.29) is 5.91 Å². The lowest BCUT2D eigenvalue weighted by Crippen LogP contribution is -2.09. The summed E-state index contributed by atoms with van der Waals surface area (Å²) in [6.07, 6.45) is 20.9. The maximum atomic E-state index is 10.6. The molecule has 6 nitrogen and oxygen atoms in total. The van der Waals surface area contributed by atoms with E-state index in [1.807, 2.05) is 0 Å². The van der Waals surface area contributed by atoms with Gasteiger partial charge in [-0.15, -0.1) is 0 Å². The van der Waals surface area contributed by atoms with Gasteiger partial charge in [-0.3, -0.25) is 4.79 Å². The smallest absolute Gasteiger partial charge is 0.370 e. The third kappa shape index (κ3) is 39.9. The van der Waals surface area contributed by atoms with Crippen LogP contribution in [0.3, 0.4) is 0 Å². The van der Waals surface area contributed by atoms with Crippen molar-refractivity contribution in [3.63, 3.8) is 0 Å². The predicted octanol–water partition coefficient (Wildman–Crippen LogP) is 4.80. The predicted molar refractivity (Wildman–Crippen MR) is 103 cm³/mol. The third-order valence-electron chi connectivity index (χ3n) is 4.03. The number of primary amides is 1. The van der Waals surface area contributed by atoms with E-state index in [1.165, 1.54) is 89.9 Å². The van der Waals surface area contributed by atoms with Crippen LogP contribution in [0.2, 0.25) is 0 Å². The lowest BCUT2D eigenvalue weighted by atomic mass is 10.0. The van der Waals surface area contributed by atoms with Crippen LogP contribution >= 0.6 is 7.82 Å². The Bertz CT molecular complexity index is 325. The highest BCUT2D eigenvalue weighted by Crippen LogP contribution is 2.25. The molecule has 0 aromatic carbocycles. The number of amides is 1. The van der Waals surface area contributed by atoms with Crippen molar-refractivity contribution in [3.05, 3.63) is 0 Å². The van der Waals surface area contributed by atoms with Gasteiger partial charge in [0.1, 0.15) is 0 Å². The van der Waals surface area contributed by atoms with Crippen molar-refractivity contribution in [1.29, 1.82) is 0 Å². The Morgan fingerprint density at radius 3 is 1.16 bits per heavy atom. The number of unbranched alkanes of at least 4 members (excludes halogenated alkanes) is 14. The van der Waals surface area contributed by atoms with Crippen molar-refractivity contribution in [2.24, 2.45) is 5.73 Å². The quantitative estimate of drug-likeness (QED) is 0.226. The van der Waals surface area contributed by atoms with Crippen molar-refractivity contribution < 1.29 is 24.0 Å². The largest absolute Gasteiger partial charge is 0.466 e. The average molecular weight is 381 g/mol. The summed E-state index contributed by atoms with van der Waals surface area (Å²) in [4.78, 5) is 32.1. The molecule has 0 bridgehead atoms. The van der Waals surface area contributed by atoms with Gasteiger partial charge >= 0.3 is 7.82 Å². The summed E-state index contributed by atoms with van der Waals surface area (Å²) >= 11 is 0. The Hall–Kier alpha value is -0.420. The molecular formula is C18H40NO5P. The molecule has 0 aliphatic heterocycles. The lowest BCUT2D eigenvalue weighted by Gasteiger charge is -2.03. The van der Waals surface area contributed by atoms with Gasteiger partial charge in [-0.25, -0.2) is 4.57 Å². The molecular weight excluding hydrogens is 341 g/mol. The van der Waals surface area contributed by atoms with E-state index in [4.69, 9.17) is 25.0 Å². The number of nitrogens with two attached hydrogens (primary N) is 1. The van der Waals surface area contributed by atoms with Crippen LogP contribution < -0.4 is 5.73 Å². The molecule has 0 aliphatic rings. The van der Waals surface area contributed by atoms with Gasteiger partial charge in [0.2, 0.25) is 5.91 Å². The fourth-order valence-electron chi connectivity index (χ4n) is 2.67. The Morgan fingerprint density at radius 1 is 0.680 bits per heavy atom. The van der Waals surface area contributed by atoms with Crippen LogP contribution in [0.15, 0.2) is 0 Å². The van der Waals surface area contributed by atoms with Gasteiger partial charge in [-0.2, -0.15) is 0 Å². The number of carbonyl (C=O) groups excluding carboxylic acids is 1. The Morgan fingerprint density at radius 2 is 0.920 bits per heavy atom. The zero-order valence-corrected chi connectivity index (χ0v) is 16.9. The summed E-state index contributed by atoms with van der Waals surface area (Å²) in [6.45, 7) is 2.28. The molecule has 0 aromatic heterocycles. The van der Waals surface area contributed by atoms with E-state index in [9.17, 15) is 4.79 Å². The highest BCUT2D eigenvalue weighted by Gasteiger charge is 2.00. The number of hydrogen-bond donors (Lipinski definition) is 4. The molecule has 0 heterocycles. The minimum atomic E-state index is -4.64. The van der Waals surface area contributed by atoms with E-state index < -0.39 is 7.82 Å². The van der Waals surface area contributed by atoms with Crippen molar-refractivity contribution in [2.75, 3.05) is 0 Å². The van der Waals surface area contributed by atoms with Crippen LogP contribution in [-0.4, -0.2) is 20.6 Å². The first-order chi connectivity index (χ1) is 11.8. The topological polar surface area (TPSA) is 121 Å². The van der Waals surface area contributed by atoms with Gasteiger partial charge in [-0.05, 0) is 6.42 Å². The molecule has 7 heteroatoms. The summed E-state index contributed by atoms with van der Waals surface area (Å²) in [5, 5.41) is 0. The second-order valence-corrected chi connectivity index (χ2v) is 7.71. The van der Waals surface area contributed by atoms with E-state index in [0.29, 0.717) is 6.42 Å². The van der Waals surface area contributed by atoms with Gasteiger partial charge in [-0.1, -0.05) is 96.8 Å². The molecule has 1 amide bonds. The minimum absolute atomic E-state index is 0.153. The Kier molecular flexibility index (Phi) is 21.3. The molecule has 0 atom stereocenters. The van der Waals surface area contributed by atoms with E-state index in [0.717, 1.165) is 6.42 Å². The zero-order valence-electron chi connectivity index (χ0n) is 16.0. The maximum Gasteiger partial charge on any atom is 0.466 e. The number of rotatable bonds is 16. The molecule has 0 saturated heterocycles. The van der Waals surface area contributed by atoms with Gasteiger partial charge in [0.05, 0.1) is 0 Å². The molecule has 0 radical (unpaired) electrons. The highest BCUT2D eigenvalue weighted by molar-refractivity contribution is 7.45. The second-order valence-electron chi connectivity index (χ2n) is 6.68. The van der Waals surface area contributed by atoms with Gasteiger partial charge in [0, 0.05) is 6.42 Å². The molecule has 25 heavy (non-hydrogen) atoms. The van der Waals surface area contributed by atoms with Crippen LogP contribution in [0.5, 0.6) is 0 Å². The van der Waals surface area contributed by atoms with Crippen molar-refractivity contribution in [1.82, 2.24) is 0 Å². The molecule has 152 valence electrons. The molecule has 0 fully saturated rings. The van der Waals surface area contributed by atoms with Gasteiger partial charge in [0.15, 0.2) is 0 Å². The summed E-state index contributed by atoms with van der Waals surface area (Å²) in [5.41, 5.74) is 5.11. The van der Waals surface area contributed by atoms with Crippen LogP contribution in [0.25, 0.3) is 0 Å². The van der Waals surface area contributed by atoms with Crippen molar-refractivity contribution >= 4 is 13.7 Å². The molecule has 0 aromatic rings. The first-order valence-electron chi connectivity index (χ1n) is 9.84. The highest BCUT2D eigenvalue weighted by atomic mass is 31.2.